The van der Waals surface area contributed by atoms with Crippen LogP contribution in [0.1, 0.15) is 26.7 Å². The summed E-state index contributed by atoms with van der Waals surface area (Å²) in [6, 6.07) is 0. The Balaban J connectivity index is 2.52. The number of carbonyl (C=O) groups excluding carboxylic acids is 1. The molecule has 0 aliphatic carbocycles. The van der Waals surface area contributed by atoms with Crippen molar-refractivity contribution < 1.29 is 14.6 Å². The molecule has 1 aliphatic rings. The first-order chi connectivity index (χ1) is 6.66. The molecule has 1 atom stereocenters. The van der Waals surface area contributed by atoms with E-state index in [4.69, 9.17) is 4.74 Å². The van der Waals surface area contributed by atoms with Gasteiger partial charge in [-0.25, -0.2) is 4.79 Å². The van der Waals surface area contributed by atoms with Crippen LogP contribution in [-0.4, -0.2) is 23.8 Å². The average molecular weight is 196 g/mol. The maximum atomic E-state index is 11.0. The molecule has 0 fully saturated rings. The molecule has 1 heterocycles. The van der Waals surface area contributed by atoms with Crippen LogP contribution >= 0.6 is 0 Å². The molecule has 0 amide bonds. The molecule has 0 saturated heterocycles. The van der Waals surface area contributed by atoms with Crippen LogP contribution < -0.4 is 0 Å². The van der Waals surface area contributed by atoms with E-state index in [0.29, 0.717) is 12.0 Å². The van der Waals surface area contributed by atoms with Gasteiger partial charge in [-0.15, -0.1) is 0 Å². The van der Waals surface area contributed by atoms with Crippen molar-refractivity contribution in [2.24, 2.45) is 0 Å². The number of esters is 1. The minimum Gasteiger partial charge on any atom is -0.458 e. The van der Waals surface area contributed by atoms with Crippen molar-refractivity contribution in [3.8, 4) is 0 Å². The van der Waals surface area contributed by atoms with Gasteiger partial charge in [0.2, 0.25) is 0 Å². The minimum absolute atomic E-state index is 0.252. The van der Waals surface area contributed by atoms with Crippen molar-refractivity contribution in [3.05, 3.63) is 23.3 Å². The number of rotatable bonds is 4. The van der Waals surface area contributed by atoms with Gasteiger partial charge in [0.05, 0.1) is 6.10 Å². The fraction of sp³-hybridized carbons (Fsp3) is 0.545. The summed E-state index contributed by atoms with van der Waals surface area (Å²) >= 11 is 0. The fourth-order valence-corrected chi connectivity index (χ4v) is 1.43. The molecule has 0 aromatic heterocycles. The number of carbonyl (C=O) groups is 1. The highest BCUT2D eigenvalue weighted by Crippen LogP contribution is 2.21. The largest absolute Gasteiger partial charge is 0.458 e. The number of ether oxygens (including phenoxy) is 1. The predicted molar refractivity (Wildman–Crippen MR) is 53.7 cm³/mol. The van der Waals surface area contributed by atoms with Crippen LogP contribution in [0.3, 0.4) is 0 Å². The topological polar surface area (TPSA) is 46.5 Å². The first-order valence-corrected chi connectivity index (χ1v) is 4.82. The molecule has 1 aliphatic heterocycles. The standard InChI is InChI=1S/C11H16O3/c1-3-4-5-6-10(12)9-7-14-11(13)8(9)2/h3-4,10,12H,5-7H2,1-2H3/t10-/m0/s1. The lowest BCUT2D eigenvalue weighted by Gasteiger charge is -2.09. The van der Waals surface area contributed by atoms with Gasteiger partial charge in [-0.2, -0.15) is 0 Å². The van der Waals surface area contributed by atoms with Gasteiger partial charge in [0, 0.05) is 11.1 Å². The van der Waals surface area contributed by atoms with Crippen LogP contribution in [0.5, 0.6) is 0 Å². The Kier molecular flexibility index (Phi) is 3.89. The second-order valence-corrected chi connectivity index (χ2v) is 3.39. The Bertz CT molecular complexity index is 276. The Morgan fingerprint density at radius 1 is 1.64 bits per heavy atom. The average Bonchev–Trinajstić information content (AvgIpc) is 2.48. The molecule has 0 radical (unpaired) electrons. The van der Waals surface area contributed by atoms with Crippen LogP contribution in [0, 0.1) is 0 Å². The molecular weight excluding hydrogens is 180 g/mol. The Morgan fingerprint density at radius 3 is 2.86 bits per heavy atom. The van der Waals surface area contributed by atoms with Gasteiger partial charge >= 0.3 is 5.97 Å². The van der Waals surface area contributed by atoms with Crippen molar-refractivity contribution in [1.29, 1.82) is 0 Å². The summed E-state index contributed by atoms with van der Waals surface area (Å²) in [5, 5.41) is 9.74. The van der Waals surface area contributed by atoms with E-state index >= 15 is 0 Å². The highest BCUT2D eigenvalue weighted by atomic mass is 16.5. The monoisotopic (exact) mass is 196 g/mol. The maximum absolute atomic E-state index is 11.0. The molecule has 0 aromatic rings. The smallest absolute Gasteiger partial charge is 0.334 e. The quantitative estimate of drug-likeness (QED) is 0.548. The van der Waals surface area contributed by atoms with E-state index < -0.39 is 6.10 Å². The summed E-state index contributed by atoms with van der Waals surface area (Å²) in [6.07, 6.45) is 4.87. The Hall–Kier alpha value is -1.09. The van der Waals surface area contributed by atoms with Gasteiger partial charge in [-0.05, 0) is 26.7 Å². The summed E-state index contributed by atoms with van der Waals surface area (Å²) in [5.74, 6) is -0.301. The molecule has 0 spiro atoms. The van der Waals surface area contributed by atoms with E-state index in [1.807, 2.05) is 19.1 Å². The van der Waals surface area contributed by atoms with Crippen molar-refractivity contribution in [1.82, 2.24) is 0 Å². The Morgan fingerprint density at radius 2 is 2.36 bits per heavy atom. The van der Waals surface area contributed by atoms with Gasteiger partial charge < -0.3 is 9.84 Å². The first kappa shape index (κ1) is 11.0. The van der Waals surface area contributed by atoms with Crippen LogP contribution in [0.4, 0.5) is 0 Å². The van der Waals surface area contributed by atoms with Crippen molar-refractivity contribution >= 4 is 5.97 Å². The normalized spacial score (nSPS) is 19.2. The maximum Gasteiger partial charge on any atom is 0.334 e. The summed E-state index contributed by atoms with van der Waals surface area (Å²) in [7, 11) is 0. The molecule has 0 saturated carbocycles. The van der Waals surface area contributed by atoms with Crippen molar-refractivity contribution in [2.75, 3.05) is 6.61 Å². The third-order valence-corrected chi connectivity index (χ3v) is 2.39. The van der Waals surface area contributed by atoms with Crippen LogP contribution in [-0.2, 0) is 9.53 Å². The van der Waals surface area contributed by atoms with Crippen LogP contribution in [0.15, 0.2) is 23.3 Å². The molecule has 78 valence electrons. The Labute approximate surface area is 84.1 Å². The molecule has 0 aromatic carbocycles. The zero-order chi connectivity index (χ0) is 10.6. The summed E-state index contributed by atoms with van der Waals surface area (Å²) in [6.45, 7) is 3.89. The van der Waals surface area contributed by atoms with E-state index in [1.165, 1.54) is 0 Å². The SMILES string of the molecule is CC=CCC[C@H](O)C1=C(C)C(=O)OC1. The van der Waals surface area contributed by atoms with Crippen molar-refractivity contribution in [3.63, 3.8) is 0 Å². The lowest BCUT2D eigenvalue weighted by atomic mass is 10.0. The second kappa shape index (κ2) is 4.96. The fourth-order valence-electron chi connectivity index (χ4n) is 1.43. The van der Waals surface area contributed by atoms with Crippen molar-refractivity contribution in [2.45, 2.75) is 32.8 Å². The first-order valence-electron chi connectivity index (χ1n) is 4.82. The van der Waals surface area contributed by atoms with E-state index in [-0.39, 0.29) is 12.6 Å². The summed E-state index contributed by atoms with van der Waals surface area (Å²) in [5.41, 5.74) is 1.30. The summed E-state index contributed by atoms with van der Waals surface area (Å²) in [4.78, 5) is 11.0. The molecule has 3 nitrogen and oxygen atoms in total. The number of hydrogen-bond donors (Lipinski definition) is 1. The third-order valence-electron chi connectivity index (χ3n) is 2.39. The zero-order valence-corrected chi connectivity index (χ0v) is 8.62. The van der Waals surface area contributed by atoms with Gasteiger partial charge in [0.25, 0.3) is 0 Å². The molecule has 1 rings (SSSR count). The molecular formula is C11H16O3. The predicted octanol–water partition coefficient (Wildman–Crippen LogP) is 1.58. The van der Waals surface area contributed by atoms with Gasteiger partial charge in [0.15, 0.2) is 0 Å². The van der Waals surface area contributed by atoms with Crippen LogP contribution in [0.25, 0.3) is 0 Å². The van der Waals surface area contributed by atoms with E-state index in [0.717, 1.165) is 12.0 Å². The lowest BCUT2D eigenvalue weighted by molar-refractivity contribution is -0.135. The second-order valence-electron chi connectivity index (χ2n) is 3.39. The number of allylic oxidation sites excluding steroid dienone is 2. The number of aliphatic hydroxyl groups is 1. The lowest BCUT2D eigenvalue weighted by Crippen LogP contribution is -2.12. The number of cyclic esters (lactones) is 1. The van der Waals surface area contributed by atoms with Crippen LogP contribution in [0.2, 0.25) is 0 Å². The van der Waals surface area contributed by atoms with Gasteiger partial charge in [0.1, 0.15) is 6.61 Å². The molecule has 1 N–H and O–H groups in total. The van der Waals surface area contributed by atoms with Gasteiger partial charge in [-0.1, -0.05) is 12.2 Å². The number of aliphatic hydroxyl groups excluding tert-OH is 1. The highest BCUT2D eigenvalue weighted by Gasteiger charge is 2.25. The molecule has 0 unspecified atom stereocenters. The van der Waals surface area contributed by atoms with Gasteiger partial charge in [-0.3, -0.25) is 0 Å². The molecule has 3 heteroatoms. The molecule has 0 bridgehead atoms. The molecule has 14 heavy (non-hydrogen) atoms. The number of hydrogen-bond acceptors (Lipinski definition) is 3. The highest BCUT2D eigenvalue weighted by molar-refractivity contribution is 5.91. The zero-order valence-electron chi connectivity index (χ0n) is 8.62. The summed E-state index contributed by atoms with van der Waals surface area (Å²) < 4.78 is 4.81. The van der Waals surface area contributed by atoms with E-state index in [1.54, 1.807) is 6.92 Å². The van der Waals surface area contributed by atoms with E-state index in [2.05, 4.69) is 0 Å². The minimum atomic E-state index is -0.544. The third kappa shape index (κ3) is 2.45. The van der Waals surface area contributed by atoms with E-state index in [9.17, 15) is 9.90 Å².